The second kappa shape index (κ2) is 16.7. The van der Waals surface area contributed by atoms with Crippen molar-refractivity contribution in [1.82, 2.24) is 14.5 Å². The van der Waals surface area contributed by atoms with Crippen molar-refractivity contribution in [3.05, 3.63) is 168 Å². The van der Waals surface area contributed by atoms with Crippen LogP contribution < -0.4 is 4.40 Å². The molecular formula is C56H49GeIrN3O2-2. The van der Waals surface area contributed by atoms with Crippen LogP contribution in [0.25, 0.3) is 94.0 Å². The van der Waals surface area contributed by atoms with Gasteiger partial charge >= 0.3 is 233 Å². The molecule has 0 aliphatic carbocycles. The van der Waals surface area contributed by atoms with Crippen molar-refractivity contribution in [1.29, 1.82) is 0 Å². The van der Waals surface area contributed by atoms with Crippen LogP contribution in [0.1, 0.15) is 60.3 Å². The molecule has 0 aliphatic rings. The Morgan fingerprint density at radius 3 is 1.90 bits per heavy atom. The number of aryl methyl sites for hydroxylation is 1. The predicted octanol–water partition coefficient (Wildman–Crippen LogP) is 15.1. The van der Waals surface area contributed by atoms with E-state index in [1.807, 2.05) is 36.4 Å². The largest absolute Gasteiger partial charge is 0.304 e. The van der Waals surface area contributed by atoms with Gasteiger partial charge < -0.3 is 9.40 Å². The van der Waals surface area contributed by atoms with E-state index in [0.29, 0.717) is 11.8 Å². The standard InChI is InChI=1S/C44H39GeN2O2.C12H10N.Ir/c1-25(2)35-23-27(45(5,6)7)24-36(26(3)4)40(35)47-38-17-10-9-16-37(38)46-44(47)34-15-12-14-29-31-21-22-32-33(42(31)49-43(29)34)20-19-30-28-13-8-11-18-39(28)48-41(30)32;1-10-7-8-12(13-9-10)11-5-3-2-4-6-11;/h8-14,16-26H,1-7H3;2-5,7-9H,1H3;/q2*-1;/i;1D3;. The van der Waals surface area contributed by atoms with E-state index in [2.05, 4.69) is 146 Å². The SMILES string of the molecule is CC(C)c1c[c]([Ge]([CH3])([CH3])[CH3])cc(C(C)C)c1-n1c(-c2[c-]ccc3c2oc2c3ccc3c2ccc2c4ccccc4oc23)nc2ccccc21.[2H]C([2H])([2H])c1ccc(-c2[c-]cccc2)nc1.[Ir]. The molecule has 0 amide bonds. The van der Waals surface area contributed by atoms with Gasteiger partial charge in [0, 0.05) is 41.2 Å². The smallest absolute Gasteiger partial charge is 0.0280 e. The molecule has 0 saturated heterocycles. The van der Waals surface area contributed by atoms with Gasteiger partial charge in [0.1, 0.15) is 11.2 Å². The van der Waals surface area contributed by atoms with E-state index in [1.54, 1.807) is 22.6 Å². The molecule has 7 heteroatoms. The van der Waals surface area contributed by atoms with Gasteiger partial charge in [-0.25, -0.2) is 0 Å². The third-order valence-electron chi connectivity index (χ3n) is 12.0. The fourth-order valence-corrected chi connectivity index (χ4v) is 11.2. The molecule has 0 bridgehead atoms. The summed E-state index contributed by atoms with van der Waals surface area (Å²) < 4.78 is 39.0. The third kappa shape index (κ3) is 7.52. The number of nitrogens with zero attached hydrogens (tertiary/aromatic N) is 3. The maximum atomic E-state index is 7.23. The fraction of sp³-hybridized carbons (Fsp3) is 0.179. The molecule has 315 valence electrons. The van der Waals surface area contributed by atoms with E-state index >= 15 is 0 Å². The molecule has 0 N–H and O–H groups in total. The quantitative estimate of drug-likeness (QED) is 0.123. The van der Waals surface area contributed by atoms with E-state index in [-0.39, 0.29) is 25.7 Å². The molecule has 0 atom stereocenters. The molecule has 0 unspecified atom stereocenters. The Hall–Kier alpha value is -5.79. The second-order valence-electron chi connectivity index (χ2n) is 17.8. The van der Waals surface area contributed by atoms with Crippen LogP contribution in [-0.4, -0.2) is 27.8 Å². The Labute approximate surface area is 389 Å². The summed E-state index contributed by atoms with van der Waals surface area (Å²) in [5, 5.41) is 6.45. The first-order chi connectivity index (χ1) is 31.2. The Balaban J connectivity index is 0.000000273. The topological polar surface area (TPSA) is 57.0 Å². The Morgan fingerprint density at radius 2 is 1.27 bits per heavy atom. The van der Waals surface area contributed by atoms with Crippen LogP contribution in [0.4, 0.5) is 0 Å². The molecule has 1 radical (unpaired) electrons. The summed E-state index contributed by atoms with van der Waals surface area (Å²) in [6.07, 6.45) is 1.39. The summed E-state index contributed by atoms with van der Waals surface area (Å²) in [5.41, 5.74) is 12.2. The van der Waals surface area contributed by atoms with Crippen LogP contribution in [0.2, 0.25) is 17.3 Å². The van der Waals surface area contributed by atoms with Crippen LogP contribution in [0.5, 0.6) is 0 Å². The number of benzene rings is 7. The van der Waals surface area contributed by atoms with Crippen LogP contribution in [0.15, 0.2) is 148 Å². The minimum atomic E-state index is -2.15. The summed E-state index contributed by atoms with van der Waals surface area (Å²) in [6, 6.07) is 51.9. The van der Waals surface area contributed by atoms with Crippen LogP contribution in [0, 0.1) is 19.0 Å². The van der Waals surface area contributed by atoms with Gasteiger partial charge in [-0.3, -0.25) is 0 Å². The van der Waals surface area contributed by atoms with Crippen molar-refractivity contribution in [3.63, 3.8) is 0 Å². The van der Waals surface area contributed by atoms with Crippen LogP contribution in [0.3, 0.4) is 0 Å². The first-order valence-electron chi connectivity index (χ1n) is 22.9. The fourth-order valence-electron chi connectivity index (χ4n) is 8.73. The molecule has 11 aromatic rings. The van der Waals surface area contributed by atoms with Gasteiger partial charge in [0.25, 0.3) is 0 Å². The number of hydrogen-bond donors (Lipinski definition) is 0. The predicted molar refractivity (Wildman–Crippen MR) is 262 cm³/mol. The van der Waals surface area contributed by atoms with Gasteiger partial charge in [-0.15, -0.1) is 35.9 Å². The zero-order valence-corrected chi connectivity index (χ0v) is 40.9. The van der Waals surface area contributed by atoms with Crippen molar-refractivity contribution < 1.29 is 33.1 Å². The first kappa shape index (κ1) is 38.9. The van der Waals surface area contributed by atoms with Gasteiger partial charge in [0.15, 0.2) is 0 Å². The molecule has 5 nitrogen and oxygen atoms in total. The van der Waals surface area contributed by atoms with E-state index in [9.17, 15) is 0 Å². The van der Waals surface area contributed by atoms with E-state index in [0.717, 1.165) is 88.3 Å². The summed E-state index contributed by atoms with van der Waals surface area (Å²) in [6.45, 7) is 7.18. The Kier molecular flexibility index (Phi) is 10.3. The Bertz CT molecular complexity index is 3550. The molecule has 11 rings (SSSR count). The monoisotopic (exact) mass is 1070 g/mol. The second-order valence-corrected chi connectivity index (χ2v) is 28.5. The molecule has 0 fully saturated rings. The maximum absolute atomic E-state index is 7.23. The average molecular weight is 1060 g/mol. The van der Waals surface area contributed by atoms with E-state index < -0.39 is 20.1 Å². The van der Waals surface area contributed by atoms with Crippen LogP contribution >= 0.6 is 0 Å². The zero-order valence-electron chi connectivity index (χ0n) is 39.4. The van der Waals surface area contributed by atoms with Gasteiger partial charge in [-0.1, -0.05) is 30.3 Å². The number of furan rings is 2. The minimum absolute atomic E-state index is 0. The Morgan fingerprint density at radius 1 is 0.635 bits per heavy atom. The van der Waals surface area contributed by atoms with Crippen LogP contribution in [-0.2, 0) is 20.1 Å². The van der Waals surface area contributed by atoms with Gasteiger partial charge in [0.05, 0.1) is 0 Å². The number of para-hydroxylation sites is 3. The molecule has 4 heterocycles. The number of pyridine rings is 1. The summed E-state index contributed by atoms with van der Waals surface area (Å²) >= 11 is -2.15. The van der Waals surface area contributed by atoms with E-state index in [1.165, 1.54) is 23.0 Å². The number of imidazole rings is 1. The summed E-state index contributed by atoms with van der Waals surface area (Å²) in [4.78, 5) is 9.47. The van der Waals surface area contributed by atoms with E-state index in [4.69, 9.17) is 17.9 Å². The first-order valence-corrected chi connectivity index (χ1v) is 28.7. The molecule has 4 aromatic heterocycles. The van der Waals surface area contributed by atoms with Crippen molar-refractivity contribution in [3.8, 4) is 28.3 Å². The zero-order chi connectivity index (χ0) is 45.4. The maximum Gasteiger partial charge on any atom is 0.0280 e. The molecule has 0 saturated carbocycles. The molecule has 0 aliphatic heterocycles. The van der Waals surface area contributed by atoms with Crippen molar-refractivity contribution in [2.24, 2.45) is 0 Å². The summed E-state index contributed by atoms with van der Waals surface area (Å²) in [5.74, 6) is 8.98. The number of aromatic nitrogens is 3. The summed E-state index contributed by atoms with van der Waals surface area (Å²) in [7, 11) is 0. The molecular weight excluding hydrogens is 1010 g/mol. The van der Waals surface area contributed by atoms with Gasteiger partial charge in [-0.05, 0) is 30.2 Å². The number of hydrogen-bond acceptors (Lipinski definition) is 4. The average Bonchev–Trinajstić information content (AvgIpc) is 4.00. The molecule has 7 aromatic carbocycles. The third-order valence-corrected chi connectivity index (χ3v) is 16.2. The molecule has 0 spiro atoms. The number of fused-ring (bicyclic) bond motifs is 10. The van der Waals surface area contributed by atoms with Gasteiger partial charge in [0.2, 0.25) is 0 Å². The number of rotatable bonds is 6. The molecule has 63 heavy (non-hydrogen) atoms. The van der Waals surface area contributed by atoms with Gasteiger partial charge in [-0.2, -0.15) is 0 Å². The minimum Gasteiger partial charge on any atom is -0.304 e. The normalized spacial score (nSPS) is 12.9. The van der Waals surface area contributed by atoms with Crippen molar-refractivity contribution in [2.75, 3.05) is 0 Å². The van der Waals surface area contributed by atoms with Crippen molar-refractivity contribution in [2.45, 2.75) is 63.7 Å². The van der Waals surface area contributed by atoms with Crippen molar-refractivity contribution >= 4 is 83.3 Å².